The molecule has 0 radical (unpaired) electrons. The molecule has 0 spiro atoms. The van der Waals surface area contributed by atoms with Crippen molar-refractivity contribution in [2.45, 2.75) is 13.8 Å². The molecule has 0 amide bonds. The number of aromatic nitrogens is 3. The van der Waals surface area contributed by atoms with E-state index in [0.717, 1.165) is 28.2 Å². The number of hydrogen-bond donors (Lipinski definition) is 0. The summed E-state index contributed by atoms with van der Waals surface area (Å²) in [7, 11) is 0. The third kappa shape index (κ3) is 3.71. The summed E-state index contributed by atoms with van der Waals surface area (Å²) in [6.07, 6.45) is 0. The van der Waals surface area contributed by atoms with Crippen LogP contribution < -0.4 is 0 Å². The zero-order chi connectivity index (χ0) is 28.2. The Labute approximate surface area is 244 Å². The van der Waals surface area contributed by atoms with Gasteiger partial charge < -0.3 is 4.57 Å². The molecule has 0 fully saturated rings. The maximum atomic E-state index is 5.35. The molecule has 0 aliphatic rings. The van der Waals surface area contributed by atoms with E-state index in [0.29, 0.717) is 0 Å². The lowest BCUT2D eigenvalue weighted by molar-refractivity contribution is 1.04. The molecule has 3 aromatic heterocycles. The third-order valence-corrected chi connectivity index (χ3v) is 8.54. The van der Waals surface area contributed by atoms with E-state index in [1.54, 1.807) is 0 Å². The van der Waals surface area contributed by atoms with Crippen molar-refractivity contribution < 1.29 is 0 Å². The Morgan fingerprint density at radius 2 is 1.14 bits per heavy atom. The lowest BCUT2D eigenvalue weighted by Gasteiger charge is -2.14. The van der Waals surface area contributed by atoms with E-state index in [4.69, 9.17) is 4.98 Å². The van der Waals surface area contributed by atoms with Gasteiger partial charge in [-0.2, -0.15) is 0 Å². The number of hydrogen-bond acceptors (Lipinski definition) is 1. The minimum absolute atomic E-state index is 0.915. The van der Waals surface area contributed by atoms with Crippen molar-refractivity contribution in [3.63, 3.8) is 0 Å². The predicted octanol–water partition coefficient (Wildman–Crippen LogP) is 10.1. The van der Waals surface area contributed by atoms with Gasteiger partial charge in [0.05, 0.1) is 22.2 Å². The summed E-state index contributed by atoms with van der Waals surface area (Å²) in [6, 6.07) is 49.5. The van der Waals surface area contributed by atoms with Crippen LogP contribution in [0.1, 0.15) is 11.3 Å². The summed E-state index contributed by atoms with van der Waals surface area (Å²) in [4.78, 5) is 5.35. The molecule has 0 unspecified atom stereocenters. The highest BCUT2D eigenvalue weighted by atomic mass is 15.1. The average Bonchev–Trinajstić information content (AvgIpc) is 3.53. The topological polar surface area (TPSA) is 22.8 Å². The molecule has 3 heterocycles. The maximum absolute atomic E-state index is 5.35. The average molecular weight is 540 g/mol. The van der Waals surface area contributed by atoms with Crippen LogP contribution in [0.4, 0.5) is 0 Å². The summed E-state index contributed by atoms with van der Waals surface area (Å²) in [5, 5.41) is 3.73. The van der Waals surface area contributed by atoms with Gasteiger partial charge in [-0.1, -0.05) is 103 Å². The highest BCUT2D eigenvalue weighted by Crippen LogP contribution is 2.41. The van der Waals surface area contributed by atoms with E-state index in [-0.39, 0.29) is 0 Å². The van der Waals surface area contributed by atoms with Gasteiger partial charge in [0.2, 0.25) is 0 Å². The Kier molecular flexibility index (Phi) is 5.58. The first-order valence-electron chi connectivity index (χ1n) is 14.4. The van der Waals surface area contributed by atoms with Crippen molar-refractivity contribution in [3.05, 3.63) is 151 Å². The van der Waals surface area contributed by atoms with Gasteiger partial charge in [0.15, 0.2) is 0 Å². The summed E-state index contributed by atoms with van der Waals surface area (Å²) in [5.41, 5.74) is 11.6. The zero-order valence-corrected chi connectivity index (χ0v) is 23.6. The van der Waals surface area contributed by atoms with E-state index >= 15 is 0 Å². The summed E-state index contributed by atoms with van der Waals surface area (Å²) >= 11 is 0. The molecule has 0 saturated heterocycles. The van der Waals surface area contributed by atoms with E-state index < -0.39 is 0 Å². The van der Waals surface area contributed by atoms with Gasteiger partial charge in [-0.25, -0.2) is 4.98 Å². The van der Waals surface area contributed by atoms with E-state index in [1.165, 1.54) is 49.7 Å². The second-order valence-electron chi connectivity index (χ2n) is 10.9. The number of pyridine rings is 1. The Morgan fingerprint density at radius 1 is 0.500 bits per heavy atom. The van der Waals surface area contributed by atoms with Crippen LogP contribution in [0.15, 0.2) is 140 Å². The first-order chi connectivity index (χ1) is 20.7. The summed E-state index contributed by atoms with van der Waals surface area (Å²) < 4.78 is 4.77. The van der Waals surface area contributed by atoms with Crippen molar-refractivity contribution in [3.8, 4) is 33.9 Å². The van der Waals surface area contributed by atoms with Crippen LogP contribution in [0, 0.1) is 13.8 Å². The van der Waals surface area contributed by atoms with Crippen molar-refractivity contribution in [1.82, 2.24) is 14.1 Å². The van der Waals surface area contributed by atoms with E-state index in [9.17, 15) is 0 Å². The van der Waals surface area contributed by atoms with Crippen molar-refractivity contribution in [1.29, 1.82) is 0 Å². The predicted molar refractivity (Wildman–Crippen MR) is 176 cm³/mol. The van der Waals surface area contributed by atoms with Gasteiger partial charge in [0.25, 0.3) is 0 Å². The molecule has 0 aliphatic heterocycles. The van der Waals surface area contributed by atoms with Gasteiger partial charge >= 0.3 is 0 Å². The lowest BCUT2D eigenvalue weighted by Crippen LogP contribution is -2.00. The molecular weight excluding hydrogens is 510 g/mol. The number of benzene rings is 5. The number of nitrogens with zero attached hydrogens (tertiary/aromatic N) is 3. The Morgan fingerprint density at radius 3 is 1.88 bits per heavy atom. The molecule has 5 aromatic carbocycles. The molecule has 3 heteroatoms. The van der Waals surface area contributed by atoms with Gasteiger partial charge in [-0.3, -0.25) is 4.57 Å². The van der Waals surface area contributed by atoms with Crippen LogP contribution in [0.5, 0.6) is 0 Å². The maximum Gasteiger partial charge on any atom is 0.138 e. The quantitative estimate of drug-likeness (QED) is 0.218. The van der Waals surface area contributed by atoms with E-state index in [1.807, 2.05) is 0 Å². The molecule has 0 atom stereocenters. The molecule has 0 saturated carbocycles. The molecule has 200 valence electrons. The smallest absolute Gasteiger partial charge is 0.138 e. The van der Waals surface area contributed by atoms with E-state index in [2.05, 4.69) is 163 Å². The third-order valence-electron chi connectivity index (χ3n) is 8.54. The molecule has 0 N–H and O–H groups in total. The molecule has 0 aliphatic carbocycles. The molecule has 42 heavy (non-hydrogen) atoms. The van der Waals surface area contributed by atoms with Crippen LogP contribution >= 0.6 is 0 Å². The zero-order valence-electron chi connectivity index (χ0n) is 23.6. The first-order valence-corrected chi connectivity index (χ1v) is 14.4. The number of para-hydroxylation sites is 2. The van der Waals surface area contributed by atoms with Gasteiger partial charge in [-0.05, 0) is 66.9 Å². The normalized spacial score (nSPS) is 11.6. The largest absolute Gasteiger partial charge is 0.314 e. The van der Waals surface area contributed by atoms with Crippen LogP contribution in [0.25, 0.3) is 66.6 Å². The number of aryl methyl sites for hydroxylation is 1. The fourth-order valence-electron chi connectivity index (χ4n) is 6.46. The molecular formula is C39H29N3. The highest BCUT2D eigenvalue weighted by Gasteiger charge is 2.22. The fourth-order valence-corrected chi connectivity index (χ4v) is 6.46. The Hall–Kier alpha value is -5.41. The molecule has 3 nitrogen and oxygen atoms in total. The fraction of sp³-hybridized carbons (Fsp3) is 0.0513. The number of fused-ring (bicyclic) bond motifs is 5. The summed E-state index contributed by atoms with van der Waals surface area (Å²) in [5.74, 6) is 0.915. The Bertz CT molecular complexity index is 2180. The summed E-state index contributed by atoms with van der Waals surface area (Å²) in [6.45, 7) is 4.48. The number of rotatable bonds is 4. The van der Waals surface area contributed by atoms with Crippen LogP contribution in [-0.2, 0) is 0 Å². The van der Waals surface area contributed by atoms with Gasteiger partial charge in [0.1, 0.15) is 5.82 Å². The highest BCUT2D eigenvalue weighted by molar-refractivity contribution is 6.19. The van der Waals surface area contributed by atoms with Crippen LogP contribution in [-0.4, -0.2) is 14.1 Å². The Balaban J connectivity index is 1.52. The van der Waals surface area contributed by atoms with Crippen LogP contribution in [0.2, 0.25) is 0 Å². The van der Waals surface area contributed by atoms with Gasteiger partial charge in [0, 0.05) is 33.1 Å². The lowest BCUT2D eigenvalue weighted by atomic mass is 10.0. The second kappa shape index (κ2) is 9.60. The SMILES string of the molecule is Cc1c(C)n(-c2ccccc2)c2ccc3c4ccccc4n(-c4cc(-c5ccccc5)cc(-c5ccccc5)n4)c3c12. The minimum atomic E-state index is 0.915. The second-order valence-corrected chi connectivity index (χ2v) is 10.9. The molecule has 8 aromatic rings. The van der Waals surface area contributed by atoms with Crippen molar-refractivity contribution in [2.75, 3.05) is 0 Å². The monoisotopic (exact) mass is 539 g/mol. The van der Waals surface area contributed by atoms with Crippen molar-refractivity contribution in [2.24, 2.45) is 0 Å². The first kappa shape index (κ1) is 24.4. The standard InChI is InChI=1S/C39H29N3/c1-26-27(2)41(31-18-10-5-11-19-31)36-23-22-33-32-20-12-13-21-35(32)42(39(33)38(26)36)37-25-30(28-14-6-3-7-15-28)24-34(40-37)29-16-8-4-9-17-29/h3-25H,1-2H3. The molecule has 8 rings (SSSR count). The minimum Gasteiger partial charge on any atom is -0.314 e. The van der Waals surface area contributed by atoms with Gasteiger partial charge in [-0.15, -0.1) is 0 Å². The van der Waals surface area contributed by atoms with Crippen molar-refractivity contribution >= 4 is 32.7 Å². The van der Waals surface area contributed by atoms with Crippen LogP contribution in [0.3, 0.4) is 0 Å². The molecule has 0 bridgehead atoms.